The van der Waals surface area contributed by atoms with Gasteiger partial charge in [0.15, 0.2) is 0 Å². The average Bonchev–Trinajstić information content (AvgIpc) is 2.39. The number of allylic oxidation sites excluding steroid dienone is 6. The van der Waals surface area contributed by atoms with Crippen LogP contribution in [0.5, 0.6) is 0 Å². The Morgan fingerprint density at radius 3 is 2.68 bits per heavy atom. The molecule has 1 aromatic rings. The smallest absolute Gasteiger partial charge is 0.00941 e. The highest BCUT2D eigenvalue weighted by Crippen LogP contribution is 2.14. The van der Waals surface area contributed by atoms with E-state index in [-0.39, 0.29) is 0 Å². The van der Waals surface area contributed by atoms with Gasteiger partial charge in [0.25, 0.3) is 0 Å². The lowest BCUT2D eigenvalue weighted by atomic mass is 10.00. The molecule has 0 aliphatic rings. The van der Waals surface area contributed by atoms with Crippen LogP contribution in [-0.2, 0) is 12.8 Å². The van der Waals surface area contributed by atoms with Crippen LogP contribution in [0.25, 0.3) is 0 Å². The zero-order valence-electron chi connectivity index (χ0n) is 12.7. The molecule has 0 bridgehead atoms. The molecule has 0 heteroatoms. The highest BCUT2D eigenvalue weighted by Gasteiger charge is 1.98. The molecular formula is C19H26. The normalized spacial score (nSPS) is 12.7. The van der Waals surface area contributed by atoms with E-state index >= 15 is 0 Å². The number of hydrogen-bond acceptors (Lipinski definition) is 0. The van der Waals surface area contributed by atoms with Crippen LogP contribution in [-0.4, -0.2) is 0 Å². The van der Waals surface area contributed by atoms with E-state index in [4.69, 9.17) is 0 Å². The molecule has 19 heavy (non-hydrogen) atoms. The van der Waals surface area contributed by atoms with E-state index in [1.54, 1.807) is 0 Å². The SMILES string of the molecule is C\C=C/C=C(C)\C=C\Cc1ccc(CCC)c(C)c1. The van der Waals surface area contributed by atoms with Crippen LogP contribution in [0.3, 0.4) is 0 Å². The zero-order chi connectivity index (χ0) is 14.1. The lowest BCUT2D eigenvalue weighted by Gasteiger charge is -2.06. The van der Waals surface area contributed by atoms with Crippen molar-refractivity contribution >= 4 is 0 Å². The fraction of sp³-hybridized carbons (Fsp3) is 0.368. The Balaban J connectivity index is 2.63. The molecule has 0 saturated carbocycles. The molecule has 0 aliphatic carbocycles. The van der Waals surface area contributed by atoms with Gasteiger partial charge in [0.2, 0.25) is 0 Å². The maximum Gasteiger partial charge on any atom is -0.00941 e. The van der Waals surface area contributed by atoms with Crippen molar-refractivity contribution in [1.82, 2.24) is 0 Å². The summed E-state index contributed by atoms with van der Waals surface area (Å²) in [5.41, 5.74) is 5.60. The van der Waals surface area contributed by atoms with Crippen LogP contribution >= 0.6 is 0 Å². The molecule has 1 aromatic carbocycles. The summed E-state index contributed by atoms with van der Waals surface area (Å²) in [7, 11) is 0. The minimum Gasteiger partial charge on any atom is -0.0877 e. The first kappa shape index (κ1) is 15.5. The highest BCUT2D eigenvalue weighted by molar-refractivity contribution is 5.33. The maximum absolute atomic E-state index is 2.32. The Morgan fingerprint density at radius 1 is 1.26 bits per heavy atom. The Kier molecular flexibility index (Phi) is 6.95. The Bertz CT molecular complexity index is 473. The predicted molar refractivity (Wildman–Crippen MR) is 86.6 cm³/mol. The van der Waals surface area contributed by atoms with Gasteiger partial charge in [0.1, 0.15) is 0 Å². The molecule has 1 rings (SSSR count). The fourth-order valence-electron chi connectivity index (χ4n) is 2.12. The van der Waals surface area contributed by atoms with E-state index in [1.165, 1.54) is 35.1 Å². The van der Waals surface area contributed by atoms with Crippen LogP contribution in [0.4, 0.5) is 0 Å². The van der Waals surface area contributed by atoms with Gasteiger partial charge in [-0.25, -0.2) is 0 Å². The lowest BCUT2D eigenvalue weighted by Crippen LogP contribution is -1.91. The topological polar surface area (TPSA) is 0 Å². The summed E-state index contributed by atoms with van der Waals surface area (Å²) < 4.78 is 0. The van der Waals surface area contributed by atoms with Gasteiger partial charge in [-0.05, 0) is 50.3 Å². The minimum atomic E-state index is 1.01. The van der Waals surface area contributed by atoms with E-state index in [2.05, 4.69) is 63.3 Å². The first-order valence-electron chi connectivity index (χ1n) is 7.22. The van der Waals surface area contributed by atoms with Crippen LogP contribution in [0.15, 0.2) is 54.2 Å². The van der Waals surface area contributed by atoms with Gasteiger partial charge in [0, 0.05) is 0 Å². The third kappa shape index (κ3) is 5.74. The molecule has 102 valence electrons. The Hall–Kier alpha value is -1.56. The van der Waals surface area contributed by atoms with E-state index in [9.17, 15) is 0 Å². The lowest BCUT2D eigenvalue weighted by molar-refractivity contribution is 0.911. The van der Waals surface area contributed by atoms with Gasteiger partial charge in [0.05, 0.1) is 0 Å². The van der Waals surface area contributed by atoms with Crippen molar-refractivity contribution in [3.8, 4) is 0 Å². The number of benzene rings is 1. The number of hydrogen-bond donors (Lipinski definition) is 0. The molecule has 0 spiro atoms. The summed E-state index contributed by atoms with van der Waals surface area (Å²) in [6.07, 6.45) is 14.1. The van der Waals surface area contributed by atoms with Crippen LogP contribution in [0.2, 0.25) is 0 Å². The first-order valence-corrected chi connectivity index (χ1v) is 7.22. The summed E-state index contributed by atoms with van der Waals surface area (Å²) >= 11 is 0. The summed E-state index contributed by atoms with van der Waals surface area (Å²) in [6.45, 7) is 8.62. The highest BCUT2D eigenvalue weighted by atomic mass is 14.0. The molecule has 0 aromatic heterocycles. The monoisotopic (exact) mass is 254 g/mol. The summed E-state index contributed by atoms with van der Waals surface area (Å²) in [6, 6.07) is 6.86. The van der Waals surface area contributed by atoms with Gasteiger partial charge in [-0.15, -0.1) is 0 Å². The number of rotatable bonds is 6. The maximum atomic E-state index is 2.32. The molecule has 0 N–H and O–H groups in total. The van der Waals surface area contributed by atoms with Crippen molar-refractivity contribution in [2.45, 2.75) is 47.0 Å². The average molecular weight is 254 g/mol. The molecule has 0 atom stereocenters. The molecule has 0 nitrogen and oxygen atoms in total. The Morgan fingerprint density at radius 2 is 2.05 bits per heavy atom. The molecule has 0 heterocycles. The quantitative estimate of drug-likeness (QED) is 0.582. The number of aryl methyl sites for hydroxylation is 2. The second-order valence-corrected chi connectivity index (χ2v) is 5.05. The summed E-state index contributed by atoms with van der Waals surface area (Å²) in [4.78, 5) is 0. The molecule has 0 saturated heterocycles. The Labute approximate surface area is 118 Å². The second-order valence-electron chi connectivity index (χ2n) is 5.05. The van der Waals surface area contributed by atoms with Crippen molar-refractivity contribution in [1.29, 1.82) is 0 Å². The zero-order valence-corrected chi connectivity index (χ0v) is 12.7. The first-order chi connectivity index (χ1) is 9.17. The van der Waals surface area contributed by atoms with Gasteiger partial charge >= 0.3 is 0 Å². The third-order valence-electron chi connectivity index (χ3n) is 3.21. The van der Waals surface area contributed by atoms with Crippen molar-refractivity contribution in [3.05, 3.63) is 70.8 Å². The summed E-state index contributed by atoms with van der Waals surface area (Å²) in [5.74, 6) is 0. The van der Waals surface area contributed by atoms with Crippen molar-refractivity contribution < 1.29 is 0 Å². The van der Waals surface area contributed by atoms with Crippen LogP contribution in [0, 0.1) is 6.92 Å². The van der Waals surface area contributed by atoms with E-state index in [0.29, 0.717) is 0 Å². The van der Waals surface area contributed by atoms with E-state index < -0.39 is 0 Å². The second kappa shape index (κ2) is 8.53. The molecule has 0 amide bonds. The van der Waals surface area contributed by atoms with Gasteiger partial charge in [-0.3, -0.25) is 0 Å². The predicted octanol–water partition coefficient (Wildman–Crippen LogP) is 5.57. The summed E-state index contributed by atoms with van der Waals surface area (Å²) in [5, 5.41) is 0. The molecule has 0 unspecified atom stereocenters. The van der Waals surface area contributed by atoms with Crippen LogP contribution in [0.1, 0.15) is 43.9 Å². The van der Waals surface area contributed by atoms with E-state index in [0.717, 1.165) is 6.42 Å². The fourth-order valence-corrected chi connectivity index (χ4v) is 2.12. The molecule has 0 radical (unpaired) electrons. The van der Waals surface area contributed by atoms with Gasteiger partial charge in [-0.1, -0.05) is 67.5 Å². The van der Waals surface area contributed by atoms with Crippen molar-refractivity contribution in [3.63, 3.8) is 0 Å². The molecule has 0 fully saturated rings. The third-order valence-corrected chi connectivity index (χ3v) is 3.21. The van der Waals surface area contributed by atoms with Crippen molar-refractivity contribution in [2.24, 2.45) is 0 Å². The minimum absolute atomic E-state index is 1.01. The standard InChI is InChI=1S/C19H26/c1-5-7-10-16(3)11-8-12-18-13-14-19(9-6-2)17(4)15-18/h5,7-8,10-11,13-15H,6,9,12H2,1-4H3/b7-5-,11-8+,16-10-. The van der Waals surface area contributed by atoms with Gasteiger partial charge in [-0.2, -0.15) is 0 Å². The van der Waals surface area contributed by atoms with Crippen molar-refractivity contribution in [2.75, 3.05) is 0 Å². The van der Waals surface area contributed by atoms with Crippen LogP contribution < -0.4 is 0 Å². The molecular weight excluding hydrogens is 228 g/mol. The largest absolute Gasteiger partial charge is 0.0877 e. The van der Waals surface area contributed by atoms with Gasteiger partial charge < -0.3 is 0 Å². The molecule has 0 aliphatic heterocycles. The van der Waals surface area contributed by atoms with E-state index in [1.807, 2.05) is 13.0 Å².